The summed E-state index contributed by atoms with van der Waals surface area (Å²) in [6.45, 7) is 8.13. The zero-order valence-electron chi connectivity index (χ0n) is 21.5. The van der Waals surface area contributed by atoms with Gasteiger partial charge in [0.05, 0.1) is 6.61 Å². The number of carbonyl (C=O) groups excluding carboxylic acids is 3. The van der Waals surface area contributed by atoms with Crippen LogP contribution in [0.4, 0.5) is 4.79 Å². The van der Waals surface area contributed by atoms with E-state index >= 15 is 0 Å². The lowest BCUT2D eigenvalue weighted by Crippen LogP contribution is -2.54. The Labute approximate surface area is 212 Å². The number of carbonyl (C=O) groups is 3. The predicted molar refractivity (Wildman–Crippen MR) is 136 cm³/mol. The molecule has 0 fully saturated rings. The number of aliphatic hydroxyl groups is 1. The molecule has 0 aromatic heterocycles. The van der Waals surface area contributed by atoms with Gasteiger partial charge in [0.1, 0.15) is 23.4 Å². The van der Waals surface area contributed by atoms with Crippen LogP contribution in [0.3, 0.4) is 0 Å². The van der Waals surface area contributed by atoms with E-state index in [1.807, 2.05) is 30.3 Å². The van der Waals surface area contributed by atoms with Crippen LogP contribution in [0.25, 0.3) is 0 Å². The maximum atomic E-state index is 13.9. The SMILES string of the molecule is CC(C)NC(=O)C(c1cccc(O)c1)N(CCO)C(=O)C(Cc1ccccc1)NC(=O)OC(C)(C)C. The molecule has 36 heavy (non-hydrogen) atoms. The maximum Gasteiger partial charge on any atom is 0.408 e. The van der Waals surface area contributed by atoms with E-state index in [2.05, 4.69) is 10.6 Å². The maximum absolute atomic E-state index is 13.9. The molecular formula is C27H37N3O6. The summed E-state index contributed by atoms with van der Waals surface area (Å²) in [5.41, 5.74) is 0.373. The number of aromatic hydroxyl groups is 1. The number of hydrogen-bond donors (Lipinski definition) is 4. The summed E-state index contributed by atoms with van der Waals surface area (Å²) in [6, 6.07) is 12.7. The molecule has 0 aliphatic carbocycles. The van der Waals surface area contributed by atoms with Crippen molar-refractivity contribution in [2.24, 2.45) is 0 Å². The largest absolute Gasteiger partial charge is 0.508 e. The summed E-state index contributed by atoms with van der Waals surface area (Å²) < 4.78 is 5.37. The second-order valence-corrected chi connectivity index (χ2v) is 9.80. The molecule has 2 aromatic rings. The van der Waals surface area contributed by atoms with Gasteiger partial charge in [0.2, 0.25) is 11.8 Å². The first-order chi connectivity index (χ1) is 16.9. The Hall–Kier alpha value is -3.59. The third-order valence-corrected chi connectivity index (χ3v) is 5.07. The van der Waals surface area contributed by atoms with Crippen LogP contribution in [0.1, 0.15) is 51.8 Å². The van der Waals surface area contributed by atoms with Crippen LogP contribution in [0, 0.1) is 0 Å². The summed E-state index contributed by atoms with van der Waals surface area (Å²) in [5, 5.41) is 25.3. The molecule has 0 bridgehead atoms. The Bertz CT molecular complexity index is 1020. The molecule has 9 nitrogen and oxygen atoms in total. The fourth-order valence-electron chi connectivity index (χ4n) is 3.71. The normalized spacial score (nSPS) is 13.0. The summed E-state index contributed by atoms with van der Waals surface area (Å²) in [4.78, 5) is 41.1. The van der Waals surface area contributed by atoms with Crippen molar-refractivity contribution in [2.45, 2.75) is 64.8 Å². The molecule has 9 heteroatoms. The molecular weight excluding hydrogens is 462 g/mol. The van der Waals surface area contributed by atoms with Crippen LogP contribution in [-0.2, 0) is 20.7 Å². The molecule has 0 aliphatic heterocycles. The Morgan fingerprint density at radius 1 is 1.00 bits per heavy atom. The Morgan fingerprint density at radius 2 is 1.67 bits per heavy atom. The van der Waals surface area contributed by atoms with Gasteiger partial charge in [0, 0.05) is 19.0 Å². The monoisotopic (exact) mass is 499 g/mol. The number of amides is 3. The van der Waals surface area contributed by atoms with Crippen LogP contribution in [0.2, 0.25) is 0 Å². The van der Waals surface area contributed by atoms with Gasteiger partial charge in [-0.3, -0.25) is 9.59 Å². The lowest BCUT2D eigenvalue weighted by atomic mass is 10.00. The minimum atomic E-state index is -1.15. The molecule has 2 aromatic carbocycles. The average molecular weight is 500 g/mol. The molecule has 0 aliphatic rings. The molecule has 4 N–H and O–H groups in total. The van der Waals surface area contributed by atoms with Crippen LogP contribution in [0.15, 0.2) is 54.6 Å². The smallest absolute Gasteiger partial charge is 0.408 e. The third kappa shape index (κ3) is 8.88. The summed E-state index contributed by atoms with van der Waals surface area (Å²) in [7, 11) is 0. The topological polar surface area (TPSA) is 128 Å². The van der Waals surface area contributed by atoms with E-state index in [9.17, 15) is 24.6 Å². The average Bonchev–Trinajstić information content (AvgIpc) is 2.77. The van der Waals surface area contributed by atoms with Crippen molar-refractivity contribution in [3.8, 4) is 5.75 Å². The van der Waals surface area contributed by atoms with Crippen molar-refractivity contribution in [3.63, 3.8) is 0 Å². The highest BCUT2D eigenvalue weighted by Gasteiger charge is 2.36. The minimum Gasteiger partial charge on any atom is -0.508 e. The van der Waals surface area contributed by atoms with Crippen LogP contribution in [-0.4, -0.2) is 63.9 Å². The number of nitrogens with one attached hydrogen (secondary N) is 2. The fraction of sp³-hybridized carbons (Fsp3) is 0.444. The molecule has 0 radical (unpaired) electrons. The van der Waals surface area contributed by atoms with Crippen LogP contribution in [0.5, 0.6) is 5.75 Å². The van der Waals surface area contributed by atoms with Crippen molar-refractivity contribution in [1.82, 2.24) is 15.5 Å². The molecule has 0 saturated heterocycles. The summed E-state index contributed by atoms with van der Waals surface area (Å²) in [6.07, 6.45) is -0.638. The van der Waals surface area contributed by atoms with Gasteiger partial charge < -0.3 is 30.5 Å². The molecule has 2 unspecified atom stereocenters. The molecule has 0 saturated carbocycles. The molecule has 2 atom stereocenters. The van der Waals surface area contributed by atoms with Gasteiger partial charge >= 0.3 is 6.09 Å². The fourth-order valence-corrected chi connectivity index (χ4v) is 3.71. The first kappa shape index (κ1) is 28.6. The Kier molecular flexibility index (Phi) is 10.3. The highest BCUT2D eigenvalue weighted by atomic mass is 16.6. The molecule has 3 amide bonds. The van der Waals surface area contributed by atoms with Crippen molar-refractivity contribution in [2.75, 3.05) is 13.2 Å². The van der Waals surface area contributed by atoms with Crippen molar-refractivity contribution in [3.05, 3.63) is 65.7 Å². The minimum absolute atomic E-state index is 0.0704. The number of alkyl carbamates (subject to hydrolysis) is 1. The van der Waals surface area contributed by atoms with Gasteiger partial charge in [0.15, 0.2) is 0 Å². The van der Waals surface area contributed by atoms with Crippen LogP contribution >= 0.6 is 0 Å². The molecule has 196 valence electrons. The first-order valence-electron chi connectivity index (χ1n) is 12.0. The van der Waals surface area contributed by atoms with Gasteiger partial charge in [-0.15, -0.1) is 0 Å². The third-order valence-electron chi connectivity index (χ3n) is 5.07. The molecule has 2 rings (SSSR count). The highest BCUT2D eigenvalue weighted by molar-refractivity contribution is 5.92. The lowest BCUT2D eigenvalue weighted by molar-refractivity contribution is -0.143. The number of benzene rings is 2. The Balaban J connectivity index is 2.50. The zero-order valence-corrected chi connectivity index (χ0v) is 21.5. The molecule has 0 heterocycles. The number of hydrogen-bond acceptors (Lipinski definition) is 6. The highest BCUT2D eigenvalue weighted by Crippen LogP contribution is 2.26. The second-order valence-electron chi connectivity index (χ2n) is 9.80. The number of ether oxygens (including phenoxy) is 1. The van der Waals surface area contributed by atoms with Gasteiger partial charge in [-0.25, -0.2) is 4.79 Å². The first-order valence-corrected chi connectivity index (χ1v) is 12.0. The van der Waals surface area contributed by atoms with Gasteiger partial charge in [0.25, 0.3) is 0 Å². The number of aliphatic hydroxyl groups excluding tert-OH is 1. The summed E-state index contributed by atoms with van der Waals surface area (Å²) >= 11 is 0. The number of rotatable bonds is 10. The van der Waals surface area contributed by atoms with E-state index in [0.717, 1.165) is 5.56 Å². The number of phenolic OH excluding ortho intramolecular Hbond substituents is 1. The van der Waals surface area contributed by atoms with E-state index in [1.54, 1.807) is 46.8 Å². The van der Waals surface area contributed by atoms with E-state index < -0.39 is 42.2 Å². The van der Waals surface area contributed by atoms with E-state index in [4.69, 9.17) is 4.74 Å². The van der Waals surface area contributed by atoms with Crippen molar-refractivity contribution >= 4 is 17.9 Å². The standard InChI is InChI=1S/C27H37N3O6/c1-18(2)28-24(33)23(20-12-9-13-21(32)17-20)30(14-15-31)25(34)22(16-19-10-7-6-8-11-19)29-26(35)36-27(3,4)5/h6-13,17-18,22-23,31-32H,14-16H2,1-5H3,(H,28,33)(H,29,35). The van der Waals surface area contributed by atoms with E-state index in [1.165, 1.54) is 17.0 Å². The predicted octanol–water partition coefficient (Wildman–Crippen LogP) is 2.91. The molecule has 0 spiro atoms. The van der Waals surface area contributed by atoms with E-state index in [-0.39, 0.29) is 24.8 Å². The number of phenols is 1. The van der Waals surface area contributed by atoms with Crippen molar-refractivity contribution in [1.29, 1.82) is 0 Å². The van der Waals surface area contributed by atoms with Gasteiger partial charge in [-0.1, -0.05) is 42.5 Å². The van der Waals surface area contributed by atoms with Crippen LogP contribution < -0.4 is 10.6 Å². The lowest BCUT2D eigenvalue weighted by Gasteiger charge is -2.34. The number of nitrogens with zero attached hydrogens (tertiary/aromatic N) is 1. The zero-order chi connectivity index (χ0) is 26.9. The van der Waals surface area contributed by atoms with E-state index in [0.29, 0.717) is 5.56 Å². The summed E-state index contributed by atoms with van der Waals surface area (Å²) in [5.74, 6) is -1.13. The Morgan fingerprint density at radius 3 is 2.22 bits per heavy atom. The quantitative estimate of drug-likeness (QED) is 0.398. The van der Waals surface area contributed by atoms with Gasteiger partial charge in [-0.2, -0.15) is 0 Å². The second kappa shape index (κ2) is 12.9. The van der Waals surface area contributed by atoms with Crippen molar-refractivity contribution < 1.29 is 29.3 Å². The van der Waals surface area contributed by atoms with Gasteiger partial charge in [-0.05, 0) is 57.9 Å².